The quantitative estimate of drug-likeness (QED) is 0.303. The molecule has 0 amide bonds. The van der Waals surface area contributed by atoms with Crippen LogP contribution < -0.4 is 10.2 Å². The number of aliphatic carboxylic acids is 2. The summed E-state index contributed by atoms with van der Waals surface area (Å²) in [4.78, 5) is 27.8. The monoisotopic (exact) mass is 256 g/mol. The first kappa shape index (κ1) is 21.0. The molecule has 0 aliphatic heterocycles. The van der Waals surface area contributed by atoms with Crippen molar-refractivity contribution in [3.8, 4) is 0 Å². The van der Waals surface area contributed by atoms with E-state index in [1.54, 1.807) is 0 Å². The van der Waals surface area contributed by atoms with E-state index in [9.17, 15) is 19.8 Å². The Kier molecular flexibility index (Phi) is 15.7. The second kappa shape index (κ2) is 12.7. The third-order valence-electron chi connectivity index (χ3n) is 1.05. The number of carbonyl (C=O) groups excluding carboxylic acids is 2. The minimum atomic E-state index is -1.31. The van der Waals surface area contributed by atoms with E-state index in [2.05, 4.69) is 20.0 Å². The smallest absolute Gasteiger partial charge is 0.543 e. The molecule has 92 valence electrons. The van der Waals surface area contributed by atoms with E-state index >= 15 is 0 Å². The summed E-state index contributed by atoms with van der Waals surface area (Å²) in [7, 11) is 2.54. The van der Waals surface area contributed by atoms with Crippen LogP contribution in [0.4, 0.5) is 0 Å². The van der Waals surface area contributed by atoms with Crippen LogP contribution in [0.15, 0.2) is 10.3 Å². The summed E-state index contributed by atoms with van der Waals surface area (Å²) < 4.78 is 0. The molecule has 0 N–H and O–H groups in total. The van der Waals surface area contributed by atoms with Crippen LogP contribution in [0.1, 0.15) is 13.8 Å². The van der Waals surface area contributed by atoms with Crippen molar-refractivity contribution in [2.45, 2.75) is 13.8 Å². The molecule has 0 radical (unpaired) electrons. The molecule has 0 bridgehead atoms. The van der Waals surface area contributed by atoms with Gasteiger partial charge in [-0.3, -0.25) is 0 Å². The fourth-order valence-electron chi connectivity index (χ4n) is 0.348. The van der Waals surface area contributed by atoms with Crippen LogP contribution in [0.5, 0.6) is 0 Å². The predicted octanol–water partition coefficient (Wildman–Crippen LogP) is -2.86. The van der Waals surface area contributed by atoms with Crippen LogP contribution >= 0.6 is 0 Å². The molecule has 0 aromatic carbocycles. The van der Waals surface area contributed by atoms with E-state index in [1.807, 2.05) is 0 Å². The normalized spacial score (nSPS) is 10.4. The summed E-state index contributed by atoms with van der Waals surface area (Å²) in [5.41, 5.74) is -0.319. The number of rotatable bonds is 4. The van der Waals surface area contributed by atoms with Gasteiger partial charge in [-0.1, -0.05) is 10.3 Å². The Hall–Kier alpha value is -1.35. The van der Waals surface area contributed by atoms with Crippen LogP contribution in [0.25, 0.3) is 0 Å². The first-order valence-electron chi connectivity index (χ1n) is 3.95. The van der Waals surface area contributed by atoms with Crippen LogP contribution in [0, 0.1) is 0 Å². The van der Waals surface area contributed by atoms with Gasteiger partial charge in [0.1, 0.15) is 14.2 Å². The SMILES string of the molecule is CON=C(C)C(=O)[O-].CON=C(C)C(=O)[O-].[Mg+2]. The number of carbonyl (C=O) groups is 2. The number of carboxylic acids is 2. The first-order valence-corrected chi connectivity index (χ1v) is 3.95. The maximum absolute atomic E-state index is 9.77. The molecule has 0 aliphatic carbocycles. The Labute approximate surface area is 114 Å². The number of carboxylic acid groups (broad SMARTS) is 2. The Balaban J connectivity index is -0.000000218. The molecule has 0 unspecified atom stereocenters. The molecule has 0 atom stereocenters. The predicted molar refractivity (Wildman–Crippen MR) is 56.0 cm³/mol. The second-order valence-electron chi connectivity index (χ2n) is 2.29. The van der Waals surface area contributed by atoms with Gasteiger partial charge in [-0.05, 0) is 13.8 Å². The summed E-state index contributed by atoms with van der Waals surface area (Å²) in [6, 6.07) is 0. The molecular weight excluding hydrogens is 244 g/mol. The van der Waals surface area contributed by atoms with E-state index < -0.39 is 11.9 Å². The Morgan fingerprint density at radius 1 is 0.882 bits per heavy atom. The van der Waals surface area contributed by atoms with Crippen molar-refractivity contribution in [3.63, 3.8) is 0 Å². The van der Waals surface area contributed by atoms with Gasteiger partial charge in [-0.2, -0.15) is 0 Å². The summed E-state index contributed by atoms with van der Waals surface area (Å²) >= 11 is 0. The van der Waals surface area contributed by atoms with Crippen molar-refractivity contribution in [2.75, 3.05) is 14.2 Å². The van der Waals surface area contributed by atoms with Gasteiger partial charge in [-0.25, -0.2) is 0 Å². The molecule has 0 saturated carbocycles. The van der Waals surface area contributed by atoms with Gasteiger partial charge in [0.25, 0.3) is 0 Å². The zero-order valence-corrected chi connectivity index (χ0v) is 11.5. The summed E-state index contributed by atoms with van der Waals surface area (Å²) in [6.07, 6.45) is 0. The van der Waals surface area contributed by atoms with Gasteiger partial charge in [0.15, 0.2) is 0 Å². The molecule has 0 rings (SSSR count). The summed E-state index contributed by atoms with van der Waals surface area (Å²) in [6.45, 7) is 2.58. The number of hydrogen-bond acceptors (Lipinski definition) is 8. The molecule has 17 heavy (non-hydrogen) atoms. The second-order valence-corrected chi connectivity index (χ2v) is 2.29. The van der Waals surface area contributed by atoms with Crippen LogP contribution in [-0.2, 0) is 19.3 Å². The van der Waals surface area contributed by atoms with E-state index in [4.69, 9.17) is 0 Å². The van der Waals surface area contributed by atoms with E-state index in [0.717, 1.165) is 0 Å². The third-order valence-corrected chi connectivity index (χ3v) is 1.05. The van der Waals surface area contributed by atoms with E-state index in [0.29, 0.717) is 0 Å². The van der Waals surface area contributed by atoms with Crippen molar-refractivity contribution < 1.29 is 29.5 Å². The molecule has 0 aromatic heterocycles. The number of oxime groups is 2. The molecular formula is C8H12MgN2O6. The molecule has 0 fully saturated rings. The molecule has 0 spiro atoms. The minimum absolute atomic E-state index is 0. The average Bonchev–Trinajstić information content (AvgIpc) is 2.19. The van der Waals surface area contributed by atoms with Crippen LogP contribution in [0.3, 0.4) is 0 Å². The van der Waals surface area contributed by atoms with Crippen molar-refractivity contribution in [1.29, 1.82) is 0 Å². The molecule has 8 nitrogen and oxygen atoms in total. The van der Waals surface area contributed by atoms with Gasteiger partial charge in [0, 0.05) is 0 Å². The third kappa shape index (κ3) is 14.6. The van der Waals surface area contributed by atoms with Crippen LogP contribution in [0.2, 0.25) is 0 Å². The zero-order chi connectivity index (χ0) is 13.1. The van der Waals surface area contributed by atoms with E-state index in [-0.39, 0.29) is 34.5 Å². The summed E-state index contributed by atoms with van der Waals surface area (Å²) in [5.74, 6) is -2.63. The summed E-state index contributed by atoms with van der Waals surface area (Å²) in [5, 5.41) is 25.7. The fourth-order valence-corrected chi connectivity index (χ4v) is 0.348. The van der Waals surface area contributed by atoms with Gasteiger partial charge >= 0.3 is 23.1 Å². The van der Waals surface area contributed by atoms with E-state index in [1.165, 1.54) is 28.1 Å². The molecule has 9 heteroatoms. The standard InChI is InChI=1S/2C4H7NO3.Mg/c2*1-3(4(6)7)5-8-2;/h2*1-2H3,(H,6,7);/q;;+2/p-2. The molecule has 0 heterocycles. The number of nitrogens with zero attached hydrogens (tertiary/aromatic N) is 2. The largest absolute Gasteiger partial charge is 2.00 e. The number of hydrogen-bond donors (Lipinski definition) is 0. The zero-order valence-electron chi connectivity index (χ0n) is 10.1. The maximum Gasteiger partial charge on any atom is 2.00 e. The van der Waals surface area contributed by atoms with Crippen LogP contribution in [-0.4, -0.2) is 60.6 Å². The van der Waals surface area contributed by atoms with Crippen molar-refractivity contribution in [2.24, 2.45) is 10.3 Å². The van der Waals surface area contributed by atoms with Crippen molar-refractivity contribution >= 4 is 46.4 Å². The van der Waals surface area contributed by atoms with Gasteiger partial charge in [0.2, 0.25) is 0 Å². The van der Waals surface area contributed by atoms with Gasteiger partial charge < -0.3 is 29.5 Å². The Morgan fingerprint density at radius 2 is 1.12 bits per heavy atom. The Morgan fingerprint density at radius 3 is 1.18 bits per heavy atom. The molecule has 0 aliphatic rings. The van der Waals surface area contributed by atoms with Gasteiger partial charge in [0.05, 0.1) is 23.4 Å². The topological polar surface area (TPSA) is 123 Å². The van der Waals surface area contributed by atoms with Gasteiger partial charge in [-0.15, -0.1) is 0 Å². The fraction of sp³-hybridized carbons (Fsp3) is 0.500. The van der Waals surface area contributed by atoms with Crippen molar-refractivity contribution in [3.05, 3.63) is 0 Å². The Bertz CT molecular complexity index is 272. The molecule has 0 saturated heterocycles. The maximum atomic E-state index is 9.77. The van der Waals surface area contributed by atoms with Crippen molar-refractivity contribution in [1.82, 2.24) is 0 Å². The minimum Gasteiger partial charge on any atom is -0.543 e. The average molecular weight is 256 g/mol. The molecule has 0 aromatic rings. The first-order chi connectivity index (χ1) is 7.36.